The zero-order valence-electron chi connectivity index (χ0n) is 27.4. The number of methoxy groups -OCH3 is 1. The highest BCUT2D eigenvalue weighted by Crippen LogP contribution is 2.35. The number of benzene rings is 2. The minimum absolute atomic E-state index is 0.0119. The molecule has 0 amide bonds. The quantitative estimate of drug-likeness (QED) is 0.153. The van der Waals surface area contributed by atoms with Crippen LogP contribution >= 0.6 is 0 Å². The van der Waals surface area contributed by atoms with Crippen LogP contribution in [0.25, 0.3) is 0 Å². The minimum atomic E-state index is -1.02. The van der Waals surface area contributed by atoms with Crippen LogP contribution in [0.1, 0.15) is 84.3 Å². The lowest BCUT2D eigenvalue weighted by Gasteiger charge is -2.39. The van der Waals surface area contributed by atoms with Crippen molar-refractivity contribution >= 4 is 6.16 Å². The molecule has 7 atom stereocenters. The van der Waals surface area contributed by atoms with E-state index in [1.54, 1.807) is 27.9 Å². The second kappa shape index (κ2) is 17.7. The maximum Gasteiger partial charge on any atom is 0.509 e. The molecule has 8 nitrogen and oxygen atoms in total. The number of carbonyl (C=O) groups excluding carboxylic acids is 1. The maximum absolute atomic E-state index is 12.3. The number of carbonyl (C=O) groups is 1. The number of hydrogen-bond acceptors (Lipinski definition) is 8. The third kappa shape index (κ3) is 12.4. The minimum Gasteiger partial charge on any atom is -0.497 e. The summed E-state index contributed by atoms with van der Waals surface area (Å²) in [5.74, 6) is 1.31. The third-order valence-electron chi connectivity index (χ3n) is 8.40. The van der Waals surface area contributed by atoms with E-state index in [1.165, 1.54) is 0 Å². The van der Waals surface area contributed by atoms with Crippen molar-refractivity contribution in [3.05, 3.63) is 65.7 Å². The summed E-state index contributed by atoms with van der Waals surface area (Å²) in [7, 11) is 1.66. The Morgan fingerprint density at radius 3 is 2.25 bits per heavy atom. The summed E-state index contributed by atoms with van der Waals surface area (Å²) >= 11 is 0. The molecule has 1 fully saturated rings. The van der Waals surface area contributed by atoms with E-state index in [4.69, 9.17) is 23.7 Å². The van der Waals surface area contributed by atoms with Crippen LogP contribution < -0.4 is 4.74 Å². The van der Waals surface area contributed by atoms with Gasteiger partial charge in [0.05, 0.1) is 38.6 Å². The zero-order valence-corrected chi connectivity index (χ0v) is 27.4. The first-order valence-electron chi connectivity index (χ1n) is 16.1. The fourth-order valence-electron chi connectivity index (χ4n) is 5.73. The van der Waals surface area contributed by atoms with E-state index >= 15 is 0 Å². The first-order chi connectivity index (χ1) is 20.9. The highest BCUT2D eigenvalue weighted by atomic mass is 16.7. The Morgan fingerprint density at radius 2 is 1.59 bits per heavy atom. The van der Waals surface area contributed by atoms with Gasteiger partial charge in [-0.1, -0.05) is 56.3 Å². The lowest BCUT2D eigenvalue weighted by molar-refractivity contribution is -0.139. The molecule has 2 aromatic rings. The van der Waals surface area contributed by atoms with Crippen LogP contribution in [0.3, 0.4) is 0 Å². The first kappa shape index (κ1) is 35.8. The van der Waals surface area contributed by atoms with Gasteiger partial charge in [0.15, 0.2) is 6.10 Å². The molecule has 0 bridgehead atoms. The highest BCUT2D eigenvalue weighted by Gasteiger charge is 2.42. The van der Waals surface area contributed by atoms with Crippen LogP contribution in [0.4, 0.5) is 4.79 Å². The predicted molar refractivity (Wildman–Crippen MR) is 170 cm³/mol. The second-order valence-corrected chi connectivity index (χ2v) is 13.4. The number of aliphatic hydroxyl groups is 2. The molecule has 2 aromatic carbocycles. The summed E-state index contributed by atoms with van der Waals surface area (Å²) in [5.41, 5.74) is 1.52. The molecule has 0 aromatic heterocycles. The predicted octanol–water partition coefficient (Wildman–Crippen LogP) is 7.08. The fraction of sp³-hybridized carbons (Fsp3) is 0.639. The van der Waals surface area contributed by atoms with Gasteiger partial charge in [-0.05, 0) is 100 Å². The Balaban J connectivity index is 1.53. The largest absolute Gasteiger partial charge is 0.509 e. The van der Waals surface area contributed by atoms with Gasteiger partial charge in [0.2, 0.25) is 0 Å². The van der Waals surface area contributed by atoms with Crippen molar-refractivity contribution in [3.8, 4) is 5.75 Å². The number of aliphatic hydroxyl groups excluding tert-OH is 2. The molecule has 1 saturated carbocycles. The number of hydrogen-bond donors (Lipinski definition) is 2. The first-order valence-corrected chi connectivity index (χ1v) is 16.1. The van der Waals surface area contributed by atoms with Gasteiger partial charge in [0.25, 0.3) is 0 Å². The molecule has 0 saturated heterocycles. The average molecular weight is 615 g/mol. The lowest BCUT2D eigenvalue weighted by atomic mass is 9.76. The van der Waals surface area contributed by atoms with E-state index in [2.05, 4.69) is 26.0 Å². The Morgan fingerprint density at radius 1 is 0.909 bits per heavy atom. The molecule has 1 aliphatic carbocycles. The van der Waals surface area contributed by atoms with E-state index in [-0.39, 0.29) is 17.9 Å². The van der Waals surface area contributed by atoms with Gasteiger partial charge in [-0.2, -0.15) is 0 Å². The number of ether oxygens (including phenoxy) is 5. The van der Waals surface area contributed by atoms with Crippen molar-refractivity contribution in [1.82, 2.24) is 0 Å². The second-order valence-electron chi connectivity index (χ2n) is 13.4. The van der Waals surface area contributed by atoms with E-state index in [1.807, 2.05) is 42.5 Å². The standard InChI is InChI=1S/C36H54O8/c1-25(20-21-41-23-28-13-16-30(40-6)17-14-28)12-19-32(42-24-27-10-8-7-9-11-27)26(2)22-29-15-18-31(37)34(33(29)38)43-35(39)44-36(3,4)5/h7-11,13-14,16-17,25-26,29,31-34,37-38H,12,15,18-24H2,1-6H3/t25-,26+,29-,31+,32-,33-,34-/m0/s1. The van der Waals surface area contributed by atoms with Gasteiger partial charge in [0.1, 0.15) is 11.4 Å². The smallest absolute Gasteiger partial charge is 0.497 e. The molecule has 246 valence electrons. The van der Waals surface area contributed by atoms with Crippen LogP contribution in [-0.4, -0.2) is 60.1 Å². The average Bonchev–Trinajstić information content (AvgIpc) is 2.98. The Bertz CT molecular complexity index is 1080. The van der Waals surface area contributed by atoms with Crippen molar-refractivity contribution in [2.75, 3.05) is 13.7 Å². The number of rotatable bonds is 16. The van der Waals surface area contributed by atoms with Crippen LogP contribution in [0.2, 0.25) is 0 Å². The molecule has 0 spiro atoms. The Hall–Kier alpha value is -2.65. The van der Waals surface area contributed by atoms with Gasteiger partial charge in [0, 0.05) is 6.61 Å². The molecule has 0 aliphatic heterocycles. The van der Waals surface area contributed by atoms with Crippen molar-refractivity contribution in [2.45, 2.75) is 116 Å². The Kier molecular flexibility index (Phi) is 14.4. The lowest BCUT2D eigenvalue weighted by Crippen LogP contribution is -2.50. The fourth-order valence-corrected chi connectivity index (χ4v) is 5.73. The molecule has 2 N–H and O–H groups in total. The van der Waals surface area contributed by atoms with E-state index < -0.39 is 30.1 Å². The molecule has 44 heavy (non-hydrogen) atoms. The summed E-state index contributed by atoms with van der Waals surface area (Å²) in [4.78, 5) is 12.3. The summed E-state index contributed by atoms with van der Waals surface area (Å²) in [5, 5.41) is 21.7. The molecular formula is C36H54O8. The highest BCUT2D eigenvalue weighted by molar-refractivity contribution is 5.60. The van der Waals surface area contributed by atoms with Gasteiger partial charge in [-0.25, -0.2) is 4.79 Å². The topological polar surface area (TPSA) is 104 Å². The van der Waals surface area contributed by atoms with Gasteiger partial charge >= 0.3 is 6.16 Å². The summed E-state index contributed by atoms with van der Waals surface area (Å²) in [6.07, 6.45) is 0.814. The summed E-state index contributed by atoms with van der Waals surface area (Å²) in [6.45, 7) is 11.4. The SMILES string of the molecule is COc1ccc(COCC[C@@H](C)CC[C@H](OCc2ccccc2)[C@H](C)C[C@@H]2CC[C@@H](O)[C@H](OC(=O)OC(C)(C)C)[C@H]2O)cc1. The van der Waals surface area contributed by atoms with Crippen molar-refractivity contribution in [2.24, 2.45) is 17.8 Å². The van der Waals surface area contributed by atoms with Crippen LogP contribution in [0.5, 0.6) is 5.75 Å². The van der Waals surface area contributed by atoms with Crippen LogP contribution in [0.15, 0.2) is 54.6 Å². The molecule has 3 rings (SSSR count). The third-order valence-corrected chi connectivity index (χ3v) is 8.40. The summed E-state index contributed by atoms with van der Waals surface area (Å²) in [6, 6.07) is 18.1. The van der Waals surface area contributed by atoms with Crippen LogP contribution in [0, 0.1) is 17.8 Å². The van der Waals surface area contributed by atoms with Crippen LogP contribution in [-0.2, 0) is 32.2 Å². The summed E-state index contributed by atoms with van der Waals surface area (Å²) < 4.78 is 28.4. The van der Waals surface area contributed by atoms with Gasteiger partial charge < -0.3 is 33.9 Å². The molecule has 0 radical (unpaired) electrons. The van der Waals surface area contributed by atoms with Crippen molar-refractivity contribution in [3.63, 3.8) is 0 Å². The van der Waals surface area contributed by atoms with Crippen molar-refractivity contribution < 1.29 is 38.7 Å². The molecule has 0 unspecified atom stereocenters. The normalized spacial score (nSPS) is 22.5. The molecule has 0 heterocycles. The van der Waals surface area contributed by atoms with E-state index in [0.717, 1.165) is 36.1 Å². The van der Waals surface area contributed by atoms with E-state index in [9.17, 15) is 15.0 Å². The Labute approximate surface area is 264 Å². The maximum atomic E-state index is 12.3. The van der Waals surface area contributed by atoms with Gasteiger partial charge in [-0.3, -0.25) is 0 Å². The van der Waals surface area contributed by atoms with Gasteiger partial charge in [-0.15, -0.1) is 0 Å². The molecular weight excluding hydrogens is 560 g/mol. The monoisotopic (exact) mass is 614 g/mol. The molecule has 1 aliphatic rings. The van der Waals surface area contributed by atoms with E-state index in [0.29, 0.717) is 45.0 Å². The van der Waals surface area contributed by atoms with Crippen molar-refractivity contribution in [1.29, 1.82) is 0 Å². The molecule has 8 heteroatoms. The zero-order chi connectivity index (χ0) is 32.1.